The van der Waals surface area contributed by atoms with E-state index in [0.717, 1.165) is 11.3 Å². The summed E-state index contributed by atoms with van der Waals surface area (Å²) in [7, 11) is 0. The third-order valence-electron chi connectivity index (χ3n) is 4.04. The van der Waals surface area contributed by atoms with Gasteiger partial charge in [0.15, 0.2) is 10.9 Å². The first-order valence-corrected chi connectivity index (χ1v) is 9.89. The van der Waals surface area contributed by atoms with E-state index in [9.17, 15) is 4.79 Å². The fraction of sp³-hybridized carbons (Fsp3) is 0. The largest absolute Gasteiger partial charge is 0.382 e. The lowest BCUT2D eigenvalue weighted by atomic mass is 10.1. The first-order chi connectivity index (χ1) is 14.5. The Balaban J connectivity index is 1.58. The molecule has 0 aliphatic heterocycles. The second-order valence-electron chi connectivity index (χ2n) is 6.14. The van der Waals surface area contributed by atoms with Gasteiger partial charge in [-0.1, -0.05) is 47.3 Å². The monoisotopic (exact) mass is 434 g/mol. The molecule has 148 valence electrons. The standard InChI is InChI=1S/C20H14N6O2S2/c21-10-11-3-1-5-13(7-11)23-19-25-18(22)17(30-19)16-9-15(26-28-16)12-4-2-6-14(8-12)24-20(27)29/h1-9H,22H2,(H,23,25)(H2,24,27,29). The van der Waals surface area contributed by atoms with E-state index in [2.05, 4.69) is 39.5 Å². The van der Waals surface area contributed by atoms with Crippen LogP contribution in [0.2, 0.25) is 0 Å². The Morgan fingerprint density at radius 1 is 1.17 bits per heavy atom. The Morgan fingerprint density at radius 2 is 1.97 bits per heavy atom. The lowest BCUT2D eigenvalue weighted by molar-refractivity contribution is 0.270. The van der Waals surface area contributed by atoms with Gasteiger partial charge in [0, 0.05) is 23.0 Å². The van der Waals surface area contributed by atoms with Gasteiger partial charge in [-0.25, -0.2) is 4.98 Å². The van der Waals surface area contributed by atoms with Gasteiger partial charge in [0.05, 0.1) is 11.6 Å². The molecule has 0 atom stereocenters. The first-order valence-electron chi connectivity index (χ1n) is 8.63. The molecule has 0 saturated carbocycles. The maximum Gasteiger partial charge on any atom is 0.280 e. The van der Waals surface area contributed by atoms with Crippen molar-refractivity contribution in [2.24, 2.45) is 0 Å². The molecule has 0 saturated heterocycles. The zero-order valence-electron chi connectivity index (χ0n) is 15.3. The molecule has 2 aromatic heterocycles. The lowest BCUT2D eigenvalue weighted by Crippen LogP contribution is -2.00. The predicted octanol–water partition coefficient (Wildman–Crippen LogP) is 5.12. The van der Waals surface area contributed by atoms with E-state index in [4.69, 9.17) is 15.5 Å². The molecule has 0 fully saturated rings. The van der Waals surface area contributed by atoms with E-state index in [1.807, 2.05) is 12.1 Å². The summed E-state index contributed by atoms with van der Waals surface area (Å²) in [5.74, 6) is 0.778. The minimum Gasteiger partial charge on any atom is -0.382 e. The Labute approximate surface area is 180 Å². The molecular formula is C20H14N6O2S2. The van der Waals surface area contributed by atoms with Crippen molar-refractivity contribution >= 4 is 51.5 Å². The van der Waals surface area contributed by atoms with E-state index >= 15 is 0 Å². The Hall–Kier alpha value is -3.81. The molecule has 4 aromatic rings. The van der Waals surface area contributed by atoms with Crippen molar-refractivity contribution in [2.45, 2.75) is 0 Å². The van der Waals surface area contributed by atoms with Crippen LogP contribution in [0.4, 0.5) is 27.1 Å². The highest BCUT2D eigenvalue weighted by Crippen LogP contribution is 2.38. The summed E-state index contributed by atoms with van der Waals surface area (Å²) in [6.07, 6.45) is 0. The summed E-state index contributed by atoms with van der Waals surface area (Å²) in [4.78, 5) is 16.1. The van der Waals surface area contributed by atoms with Gasteiger partial charge in [-0.15, -0.1) is 0 Å². The van der Waals surface area contributed by atoms with Crippen LogP contribution in [0.5, 0.6) is 0 Å². The number of carbonyl (C=O) groups is 1. The van der Waals surface area contributed by atoms with Gasteiger partial charge in [-0.05, 0) is 30.3 Å². The molecule has 0 bridgehead atoms. The second-order valence-corrected chi connectivity index (χ2v) is 7.54. The van der Waals surface area contributed by atoms with Gasteiger partial charge < -0.3 is 20.9 Å². The zero-order chi connectivity index (χ0) is 21.1. The maximum atomic E-state index is 11.1. The molecule has 0 aliphatic rings. The number of hydrogen-bond donors (Lipinski definition) is 4. The molecule has 4 rings (SSSR count). The van der Waals surface area contributed by atoms with Crippen LogP contribution in [0, 0.1) is 11.3 Å². The van der Waals surface area contributed by atoms with Crippen LogP contribution in [0.1, 0.15) is 5.56 Å². The van der Waals surface area contributed by atoms with E-state index in [1.165, 1.54) is 11.3 Å². The summed E-state index contributed by atoms with van der Waals surface area (Å²) < 4.78 is 5.47. The number of carbonyl (C=O) groups excluding carboxylic acids is 1. The Kier molecular flexibility index (Phi) is 5.38. The van der Waals surface area contributed by atoms with Crippen molar-refractivity contribution < 1.29 is 9.32 Å². The highest BCUT2D eigenvalue weighted by molar-refractivity contribution is 7.96. The molecule has 2 aromatic carbocycles. The van der Waals surface area contributed by atoms with Crippen LogP contribution in [0.25, 0.3) is 21.9 Å². The van der Waals surface area contributed by atoms with Gasteiger partial charge in [0.25, 0.3) is 5.24 Å². The van der Waals surface area contributed by atoms with Gasteiger partial charge >= 0.3 is 0 Å². The molecule has 30 heavy (non-hydrogen) atoms. The van der Waals surface area contributed by atoms with Crippen molar-refractivity contribution in [1.82, 2.24) is 10.1 Å². The topological polar surface area (TPSA) is 130 Å². The van der Waals surface area contributed by atoms with E-state index in [1.54, 1.807) is 42.5 Å². The molecule has 0 unspecified atom stereocenters. The molecule has 2 heterocycles. The van der Waals surface area contributed by atoms with Gasteiger partial charge in [0.1, 0.15) is 16.4 Å². The predicted molar refractivity (Wildman–Crippen MR) is 120 cm³/mol. The third kappa shape index (κ3) is 4.27. The number of nitrogen functional groups attached to an aromatic ring is 1. The van der Waals surface area contributed by atoms with Crippen LogP contribution in [-0.2, 0) is 0 Å². The molecule has 0 spiro atoms. The number of rotatable bonds is 5. The zero-order valence-corrected chi connectivity index (χ0v) is 17.0. The summed E-state index contributed by atoms with van der Waals surface area (Å²) in [5.41, 5.74) is 9.30. The van der Waals surface area contributed by atoms with Crippen molar-refractivity contribution in [3.05, 3.63) is 60.2 Å². The molecule has 1 amide bonds. The van der Waals surface area contributed by atoms with Crippen LogP contribution >= 0.6 is 24.0 Å². The smallest absolute Gasteiger partial charge is 0.280 e. The number of anilines is 4. The minimum absolute atomic E-state index is 0.303. The summed E-state index contributed by atoms with van der Waals surface area (Å²) >= 11 is 5.03. The van der Waals surface area contributed by atoms with Crippen LogP contribution in [0.15, 0.2) is 59.1 Å². The molecule has 0 radical (unpaired) electrons. The van der Waals surface area contributed by atoms with Crippen molar-refractivity contribution in [2.75, 3.05) is 16.4 Å². The van der Waals surface area contributed by atoms with Gasteiger partial charge in [0.2, 0.25) is 0 Å². The van der Waals surface area contributed by atoms with Gasteiger partial charge in [-0.3, -0.25) is 4.79 Å². The number of amides is 1. The average molecular weight is 435 g/mol. The quantitative estimate of drug-likeness (QED) is 0.321. The summed E-state index contributed by atoms with van der Waals surface area (Å²) in [6.45, 7) is 0. The van der Waals surface area contributed by atoms with E-state index < -0.39 is 5.24 Å². The third-order valence-corrected chi connectivity index (χ3v) is 5.15. The van der Waals surface area contributed by atoms with Crippen molar-refractivity contribution in [3.63, 3.8) is 0 Å². The number of nitriles is 1. The molecule has 4 N–H and O–H groups in total. The summed E-state index contributed by atoms with van der Waals surface area (Å²) in [5, 5.41) is 19.0. The fourth-order valence-electron chi connectivity index (χ4n) is 2.75. The maximum absolute atomic E-state index is 11.1. The molecule has 0 aliphatic carbocycles. The normalized spacial score (nSPS) is 10.4. The van der Waals surface area contributed by atoms with Gasteiger partial charge in [-0.2, -0.15) is 5.26 Å². The number of nitrogens with one attached hydrogen (secondary N) is 2. The van der Waals surface area contributed by atoms with Crippen molar-refractivity contribution in [3.8, 4) is 28.0 Å². The Morgan fingerprint density at radius 3 is 2.77 bits per heavy atom. The van der Waals surface area contributed by atoms with E-state index in [0.29, 0.717) is 38.5 Å². The summed E-state index contributed by atoms with van der Waals surface area (Å²) in [6, 6.07) is 18.1. The number of thiol groups is 1. The molecule has 8 nitrogen and oxygen atoms in total. The fourth-order valence-corrected chi connectivity index (χ4v) is 3.73. The number of nitrogens with zero attached hydrogens (tertiary/aromatic N) is 3. The van der Waals surface area contributed by atoms with Crippen LogP contribution in [-0.4, -0.2) is 15.4 Å². The Bertz CT molecular complexity index is 1270. The SMILES string of the molecule is N#Cc1cccc(Nc2nc(N)c(-c3cc(-c4cccc(NC(=O)S)c4)no3)s2)c1. The van der Waals surface area contributed by atoms with Crippen LogP contribution in [0.3, 0.4) is 0 Å². The number of thiazole rings is 1. The highest BCUT2D eigenvalue weighted by atomic mass is 32.1. The molecule has 10 heteroatoms. The number of nitrogens with two attached hydrogens (primary N) is 1. The van der Waals surface area contributed by atoms with Crippen LogP contribution < -0.4 is 16.4 Å². The number of aromatic nitrogens is 2. The number of hydrogen-bond acceptors (Lipinski definition) is 8. The lowest BCUT2D eigenvalue weighted by Gasteiger charge is -2.02. The number of benzene rings is 2. The molecular weight excluding hydrogens is 420 g/mol. The second kappa shape index (κ2) is 8.28. The average Bonchev–Trinajstić information content (AvgIpc) is 3.34. The highest BCUT2D eigenvalue weighted by Gasteiger charge is 2.17. The minimum atomic E-state index is -0.453. The first kappa shape index (κ1) is 19.5. The van der Waals surface area contributed by atoms with E-state index in [-0.39, 0.29) is 0 Å². The van der Waals surface area contributed by atoms with Crippen molar-refractivity contribution in [1.29, 1.82) is 5.26 Å².